The first-order valence-electron chi connectivity index (χ1n) is 4.63. The molecule has 0 saturated carbocycles. The summed E-state index contributed by atoms with van der Waals surface area (Å²) in [5.41, 5.74) is -4.91. The molecule has 0 bridgehead atoms. The number of halogens is 2. The maximum atomic E-state index is 13.9. The number of alkyl halides is 2. The standard InChI is InChI=1S/C9H10F2NO5P/c1-16-18(15,17-2)9(10,11)7-3-5-8(6-4-7)12(13)14/h3-6H,1-2H3. The topological polar surface area (TPSA) is 78.7 Å². The van der Waals surface area contributed by atoms with Crippen molar-refractivity contribution in [1.29, 1.82) is 0 Å². The van der Waals surface area contributed by atoms with Gasteiger partial charge in [0.2, 0.25) is 0 Å². The smallest absolute Gasteiger partial charge is 0.308 e. The summed E-state index contributed by atoms with van der Waals surface area (Å²) in [7, 11) is -2.97. The van der Waals surface area contributed by atoms with E-state index >= 15 is 0 Å². The molecule has 0 aliphatic rings. The number of benzene rings is 1. The van der Waals surface area contributed by atoms with E-state index in [1.807, 2.05) is 0 Å². The minimum absolute atomic E-state index is 0.348. The fraction of sp³-hybridized carbons (Fsp3) is 0.333. The zero-order chi connectivity index (χ0) is 14.0. The normalized spacial score (nSPS) is 12.4. The first-order chi connectivity index (χ1) is 8.28. The molecule has 0 saturated heterocycles. The third-order valence-electron chi connectivity index (χ3n) is 2.25. The SMILES string of the molecule is COP(=O)(OC)C(F)(F)c1ccc([N+](=O)[O-])cc1. The molecule has 0 aliphatic heterocycles. The van der Waals surface area contributed by atoms with Crippen LogP contribution in [-0.2, 0) is 19.3 Å². The first kappa shape index (κ1) is 14.7. The number of rotatable bonds is 5. The molecule has 18 heavy (non-hydrogen) atoms. The van der Waals surface area contributed by atoms with E-state index in [1.165, 1.54) is 0 Å². The Morgan fingerprint density at radius 2 is 1.67 bits per heavy atom. The molecule has 0 spiro atoms. The highest BCUT2D eigenvalue weighted by atomic mass is 31.2. The predicted molar refractivity (Wildman–Crippen MR) is 58.6 cm³/mol. The second-order valence-corrected chi connectivity index (χ2v) is 5.49. The van der Waals surface area contributed by atoms with Crippen LogP contribution in [0, 0.1) is 10.1 Å². The highest BCUT2D eigenvalue weighted by molar-refractivity contribution is 7.54. The van der Waals surface area contributed by atoms with Crippen molar-refractivity contribution in [1.82, 2.24) is 0 Å². The molecule has 0 fully saturated rings. The summed E-state index contributed by atoms with van der Waals surface area (Å²) < 4.78 is 47.8. The van der Waals surface area contributed by atoms with Crippen molar-refractivity contribution in [3.63, 3.8) is 0 Å². The molecule has 0 aliphatic carbocycles. The quantitative estimate of drug-likeness (QED) is 0.470. The molecule has 0 radical (unpaired) electrons. The summed E-state index contributed by atoms with van der Waals surface area (Å²) in [5.74, 6) is 0. The van der Waals surface area contributed by atoms with Gasteiger partial charge >= 0.3 is 13.3 Å². The molecule has 0 heterocycles. The molecule has 1 aromatic carbocycles. The number of hydrogen-bond donors (Lipinski definition) is 0. The van der Waals surface area contributed by atoms with Gasteiger partial charge in [-0.05, 0) is 12.1 Å². The molecular weight excluding hydrogens is 271 g/mol. The summed E-state index contributed by atoms with van der Waals surface area (Å²) >= 11 is 0. The van der Waals surface area contributed by atoms with Crippen LogP contribution in [0.15, 0.2) is 24.3 Å². The second kappa shape index (κ2) is 5.09. The molecule has 0 amide bonds. The Balaban J connectivity index is 3.20. The van der Waals surface area contributed by atoms with E-state index in [4.69, 9.17) is 0 Å². The van der Waals surface area contributed by atoms with Gasteiger partial charge in [0.15, 0.2) is 0 Å². The summed E-state index contributed by atoms with van der Waals surface area (Å²) in [6.45, 7) is 0. The van der Waals surface area contributed by atoms with Gasteiger partial charge in [-0.25, -0.2) is 0 Å². The van der Waals surface area contributed by atoms with Crippen molar-refractivity contribution >= 4 is 13.3 Å². The van der Waals surface area contributed by atoms with Gasteiger partial charge in [0.25, 0.3) is 5.69 Å². The van der Waals surface area contributed by atoms with Gasteiger partial charge in [-0.15, -0.1) is 0 Å². The summed E-state index contributed by atoms with van der Waals surface area (Å²) in [6.07, 6.45) is 0. The van der Waals surface area contributed by atoms with Gasteiger partial charge in [-0.2, -0.15) is 8.78 Å². The predicted octanol–water partition coefficient (Wildman–Crippen LogP) is 3.13. The van der Waals surface area contributed by atoms with E-state index in [0.717, 1.165) is 38.5 Å². The van der Waals surface area contributed by atoms with Crippen LogP contribution >= 0.6 is 7.60 Å². The van der Waals surface area contributed by atoms with E-state index in [1.54, 1.807) is 0 Å². The van der Waals surface area contributed by atoms with Gasteiger partial charge in [0.1, 0.15) is 0 Å². The van der Waals surface area contributed by atoms with Crippen molar-refractivity contribution in [2.75, 3.05) is 14.2 Å². The lowest BCUT2D eigenvalue weighted by atomic mass is 10.2. The Hall–Kier alpha value is -1.37. The fourth-order valence-corrected chi connectivity index (χ4v) is 2.32. The van der Waals surface area contributed by atoms with Crippen molar-refractivity contribution in [2.24, 2.45) is 0 Å². The van der Waals surface area contributed by atoms with Crippen LogP contribution < -0.4 is 0 Å². The van der Waals surface area contributed by atoms with E-state index in [0.29, 0.717) is 0 Å². The molecule has 1 rings (SSSR count). The molecule has 9 heteroatoms. The average Bonchev–Trinajstić information content (AvgIpc) is 2.37. The molecule has 6 nitrogen and oxygen atoms in total. The number of nitro benzene ring substituents is 1. The van der Waals surface area contributed by atoms with Crippen molar-refractivity contribution < 1.29 is 27.3 Å². The first-order valence-corrected chi connectivity index (χ1v) is 6.17. The second-order valence-electron chi connectivity index (χ2n) is 3.21. The molecular formula is C9H10F2NO5P. The zero-order valence-corrected chi connectivity index (χ0v) is 10.4. The Labute approximate surface area is 101 Å². The maximum absolute atomic E-state index is 13.9. The number of hydrogen-bond acceptors (Lipinski definition) is 5. The number of non-ortho nitro benzene ring substituents is 1. The van der Waals surface area contributed by atoms with Crippen molar-refractivity contribution in [2.45, 2.75) is 5.66 Å². The van der Waals surface area contributed by atoms with Crippen LogP contribution in [0.4, 0.5) is 14.5 Å². The van der Waals surface area contributed by atoms with Crippen LogP contribution in [-0.4, -0.2) is 19.1 Å². The highest BCUT2D eigenvalue weighted by Crippen LogP contribution is 2.65. The van der Waals surface area contributed by atoms with E-state index in [9.17, 15) is 23.5 Å². The van der Waals surface area contributed by atoms with Crippen LogP contribution in [0.1, 0.15) is 5.56 Å². The van der Waals surface area contributed by atoms with Gasteiger partial charge < -0.3 is 9.05 Å². The minimum atomic E-state index is -4.65. The molecule has 0 aromatic heterocycles. The molecule has 100 valence electrons. The molecule has 0 unspecified atom stereocenters. The van der Waals surface area contributed by atoms with E-state index in [-0.39, 0.29) is 5.69 Å². The lowest BCUT2D eigenvalue weighted by Crippen LogP contribution is -2.16. The molecule has 0 N–H and O–H groups in total. The van der Waals surface area contributed by atoms with Crippen molar-refractivity contribution in [3.05, 3.63) is 39.9 Å². The average molecular weight is 281 g/mol. The van der Waals surface area contributed by atoms with Crippen LogP contribution in [0.2, 0.25) is 0 Å². The minimum Gasteiger partial charge on any atom is -0.308 e. The van der Waals surface area contributed by atoms with Gasteiger partial charge in [-0.1, -0.05) is 0 Å². The van der Waals surface area contributed by atoms with Crippen molar-refractivity contribution in [3.8, 4) is 0 Å². The number of nitrogens with zero attached hydrogens (tertiary/aromatic N) is 1. The molecule has 0 atom stereocenters. The third kappa shape index (κ3) is 2.40. The fourth-order valence-electron chi connectivity index (χ4n) is 1.25. The lowest BCUT2D eigenvalue weighted by Gasteiger charge is -2.23. The van der Waals surface area contributed by atoms with E-state index in [2.05, 4.69) is 9.05 Å². The Morgan fingerprint density at radius 1 is 1.22 bits per heavy atom. The summed E-state index contributed by atoms with van der Waals surface area (Å²) in [5, 5.41) is 10.4. The lowest BCUT2D eigenvalue weighted by molar-refractivity contribution is -0.384. The zero-order valence-electron chi connectivity index (χ0n) is 9.50. The summed E-state index contributed by atoms with van der Waals surface area (Å²) in [4.78, 5) is 9.66. The maximum Gasteiger partial charge on any atom is 0.403 e. The van der Waals surface area contributed by atoms with Crippen LogP contribution in [0.25, 0.3) is 0 Å². The van der Waals surface area contributed by atoms with E-state index < -0.39 is 23.7 Å². The van der Waals surface area contributed by atoms with Gasteiger partial charge in [-0.3, -0.25) is 14.7 Å². The molecule has 1 aromatic rings. The highest BCUT2D eigenvalue weighted by Gasteiger charge is 2.53. The monoisotopic (exact) mass is 281 g/mol. The van der Waals surface area contributed by atoms with Gasteiger partial charge in [0, 0.05) is 31.9 Å². The Bertz CT molecular complexity index is 482. The summed E-state index contributed by atoms with van der Waals surface area (Å²) in [6, 6.07) is 3.39. The third-order valence-corrected chi connectivity index (χ3v) is 4.16. The van der Waals surface area contributed by atoms with Crippen LogP contribution in [0.3, 0.4) is 0 Å². The van der Waals surface area contributed by atoms with Crippen LogP contribution in [0.5, 0.6) is 0 Å². The van der Waals surface area contributed by atoms with Gasteiger partial charge in [0.05, 0.1) is 4.92 Å². The Morgan fingerprint density at radius 3 is 2.00 bits per heavy atom. The Kier molecular flexibility index (Phi) is 4.16. The number of nitro groups is 1. The largest absolute Gasteiger partial charge is 0.403 e.